The van der Waals surface area contributed by atoms with Gasteiger partial charge in [-0.3, -0.25) is 0 Å². The average molecular weight is 310 g/mol. The molecule has 0 spiro atoms. The molecule has 3 atom stereocenters. The molecule has 0 radical (unpaired) electrons. The number of hydrogen-bond acceptors (Lipinski definition) is 3. The lowest BCUT2D eigenvalue weighted by molar-refractivity contribution is 0.104. The van der Waals surface area contributed by atoms with Crippen molar-refractivity contribution in [2.24, 2.45) is 5.92 Å². The van der Waals surface area contributed by atoms with E-state index in [1.807, 2.05) is 18.2 Å². The summed E-state index contributed by atoms with van der Waals surface area (Å²) in [5.41, 5.74) is 2.49. The van der Waals surface area contributed by atoms with Gasteiger partial charge in [-0.1, -0.05) is 24.6 Å². The van der Waals surface area contributed by atoms with Gasteiger partial charge >= 0.3 is 0 Å². The zero-order valence-corrected chi connectivity index (χ0v) is 13.1. The smallest absolute Gasteiger partial charge is 0.126 e. The molecule has 2 aromatic rings. The van der Waals surface area contributed by atoms with Gasteiger partial charge in [-0.15, -0.1) is 0 Å². The number of hydrogen-bond donors (Lipinski definition) is 2. The summed E-state index contributed by atoms with van der Waals surface area (Å²) in [6.07, 6.45) is 5.86. The fourth-order valence-corrected chi connectivity index (χ4v) is 4.25. The number of rotatable bonds is 2. The Morgan fingerprint density at radius 2 is 1.65 bits per heavy atom. The van der Waals surface area contributed by atoms with E-state index in [0.29, 0.717) is 17.6 Å². The number of phenols is 2. The molecule has 0 amide bonds. The Labute approximate surface area is 136 Å². The van der Waals surface area contributed by atoms with E-state index in [2.05, 4.69) is 0 Å². The number of ether oxygens (including phenoxy) is 1. The summed E-state index contributed by atoms with van der Waals surface area (Å²) in [5.74, 6) is 2.44. The van der Waals surface area contributed by atoms with Gasteiger partial charge in [-0.25, -0.2) is 0 Å². The van der Waals surface area contributed by atoms with Crippen molar-refractivity contribution < 1.29 is 14.9 Å². The summed E-state index contributed by atoms with van der Waals surface area (Å²) in [5, 5.41) is 19.2. The lowest BCUT2D eigenvalue weighted by Gasteiger charge is -2.33. The van der Waals surface area contributed by atoms with Crippen LogP contribution in [-0.4, -0.2) is 16.3 Å². The monoisotopic (exact) mass is 310 g/mol. The molecule has 2 unspecified atom stereocenters. The van der Waals surface area contributed by atoms with E-state index in [0.717, 1.165) is 18.6 Å². The lowest BCUT2D eigenvalue weighted by Crippen LogP contribution is -2.32. The van der Waals surface area contributed by atoms with E-state index in [1.165, 1.54) is 30.4 Å². The molecule has 2 aromatic carbocycles. The molecule has 120 valence electrons. The summed E-state index contributed by atoms with van der Waals surface area (Å²) < 4.78 is 6.26. The van der Waals surface area contributed by atoms with Crippen molar-refractivity contribution >= 4 is 0 Å². The molecule has 0 bridgehead atoms. The van der Waals surface area contributed by atoms with Crippen LogP contribution in [0.15, 0.2) is 42.5 Å². The van der Waals surface area contributed by atoms with Crippen molar-refractivity contribution in [3.05, 3.63) is 53.6 Å². The van der Waals surface area contributed by atoms with E-state index < -0.39 is 0 Å². The largest absolute Gasteiger partial charge is 0.508 e. The maximum absolute atomic E-state index is 9.69. The van der Waals surface area contributed by atoms with E-state index in [1.54, 1.807) is 24.3 Å². The normalized spacial score (nSPS) is 26.5. The second-order valence-corrected chi connectivity index (χ2v) is 6.78. The number of aryl methyl sites for hydroxylation is 1. The van der Waals surface area contributed by atoms with Gasteiger partial charge in [0, 0.05) is 12.0 Å². The Balaban J connectivity index is 1.56. The minimum absolute atomic E-state index is 0.214. The fourth-order valence-electron chi connectivity index (χ4n) is 4.25. The molecule has 0 aromatic heterocycles. The molecule has 4 rings (SSSR count). The Morgan fingerprint density at radius 3 is 2.48 bits per heavy atom. The number of phenolic OH excluding ortho intramolecular Hbond substituents is 2. The predicted molar refractivity (Wildman–Crippen MR) is 89.0 cm³/mol. The molecule has 1 fully saturated rings. The molecule has 1 aliphatic heterocycles. The van der Waals surface area contributed by atoms with Gasteiger partial charge in [0.2, 0.25) is 0 Å². The predicted octanol–water partition coefficient (Wildman–Crippen LogP) is 4.38. The summed E-state index contributed by atoms with van der Waals surface area (Å²) in [6.45, 7) is 0. The number of aromatic hydroxyl groups is 2. The van der Waals surface area contributed by atoms with Crippen LogP contribution in [0, 0.1) is 5.92 Å². The zero-order valence-electron chi connectivity index (χ0n) is 13.1. The first-order chi connectivity index (χ1) is 11.2. The van der Waals surface area contributed by atoms with E-state index in [-0.39, 0.29) is 11.9 Å². The van der Waals surface area contributed by atoms with Crippen molar-refractivity contribution in [3.63, 3.8) is 0 Å². The fraction of sp³-hybridized carbons (Fsp3) is 0.400. The first kappa shape index (κ1) is 14.4. The third kappa shape index (κ3) is 2.76. The van der Waals surface area contributed by atoms with Crippen molar-refractivity contribution in [1.29, 1.82) is 0 Å². The van der Waals surface area contributed by atoms with Crippen LogP contribution < -0.4 is 4.74 Å². The number of benzene rings is 2. The highest BCUT2D eigenvalue weighted by molar-refractivity contribution is 5.41. The molecule has 1 saturated carbocycles. The average Bonchev–Trinajstić information content (AvgIpc) is 3.04. The van der Waals surface area contributed by atoms with Gasteiger partial charge in [0.1, 0.15) is 23.4 Å². The summed E-state index contributed by atoms with van der Waals surface area (Å²) in [4.78, 5) is 0. The second-order valence-electron chi connectivity index (χ2n) is 6.78. The van der Waals surface area contributed by atoms with E-state index in [4.69, 9.17) is 4.74 Å². The minimum atomic E-state index is 0.214. The molecule has 23 heavy (non-hydrogen) atoms. The van der Waals surface area contributed by atoms with Crippen LogP contribution >= 0.6 is 0 Å². The van der Waals surface area contributed by atoms with E-state index in [9.17, 15) is 10.2 Å². The highest BCUT2D eigenvalue weighted by Crippen LogP contribution is 2.45. The highest BCUT2D eigenvalue weighted by atomic mass is 16.5. The molecule has 0 saturated heterocycles. The Kier molecular flexibility index (Phi) is 3.64. The van der Waals surface area contributed by atoms with E-state index >= 15 is 0 Å². The topological polar surface area (TPSA) is 49.7 Å². The maximum atomic E-state index is 9.69. The Hall–Kier alpha value is -2.16. The standard InChI is InChI=1S/C20H22O3/c21-15-8-4-13(5-9-15)17-2-1-3-18(17)19-11-7-14-6-10-16(22)12-20(14)23-19/h4-6,8-10,12,17-19,21-22H,1-3,7,11H2/t17?,18?,19-/m0/s1. The maximum Gasteiger partial charge on any atom is 0.126 e. The van der Waals surface area contributed by atoms with Gasteiger partial charge < -0.3 is 14.9 Å². The highest BCUT2D eigenvalue weighted by Gasteiger charge is 2.37. The first-order valence-electron chi connectivity index (χ1n) is 8.48. The molecule has 2 aliphatic rings. The van der Waals surface area contributed by atoms with Gasteiger partial charge in [0.05, 0.1) is 0 Å². The van der Waals surface area contributed by atoms with Crippen LogP contribution in [0.4, 0.5) is 0 Å². The van der Waals surface area contributed by atoms with Crippen LogP contribution in [-0.2, 0) is 6.42 Å². The summed E-state index contributed by atoms with van der Waals surface area (Å²) in [7, 11) is 0. The van der Waals surface area contributed by atoms with Crippen molar-refractivity contribution in [1.82, 2.24) is 0 Å². The second kappa shape index (κ2) is 5.80. The Morgan fingerprint density at radius 1 is 0.870 bits per heavy atom. The molecule has 2 N–H and O–H groups in total. The van der Waals surface area contributed by atoms with Crippen LogP contribution in [0.25, 0.3) is 0 Å². The third-order valence-corrected chi connectivity index (χ3v) is 5.40. The van der Waals surface area contributed by atoms with Crippen molar-refractivity contribution in [3.8, 4) is 17.2 Å². The molecule has 1 aliphatic carbocycles. The van der Waals surface area contributed by atoms with Crippen LogP contribution in [0.2, 0.25) is 0 Å². The minimum Gasteiger partial charge on any atom is -0.508 e. The van der Waals surface area contributed by atoms with Gasteiger partial charge in [0.25, 0.3) is 0 Å². The van der Waals surface area contributed by atoms with Crippen molar-refractivity contribution in [2.45, 2.75) is 44.1 Å². The molecular formula is C20H22O3. The Bertz CT molecular complexity index is 693. The van der Waals surface area contributed by atoms with Gasteiger partial charge in [-0.05, 0) is 60.9 Å². The van der Waals surface area contributed by atoms with Crippen LogP contribution in [0.1, 0.15) is 42.7 Å². The zero-order chi connectivity index (χ0) is 15.8. The van der Waals surface area contributed by atoms with Gasteiger partial charge in [-0.2, -0.15) is 0 Å². The first-order valence-corrected chi connectivity index (χ1v) is 8.48. The SMILES string of the molecule is Oc1ccc(C2CCCC2[C@@H]2CCc3ccc(O)cc3O2)cc1. The third-order valence-electron chi connectivity index (χ3n) is 5.40. The van der Waals surface area contributed by atoms with Crippen LogP contribution in [0.5, 0.6) is 17.2 Å². The summed E-state index contributed by atoms with van der Waals surface area (Å²) >= 11 is 0. The van der Waals surface area contributed by atoms with Gasteiger partial charge in [0.15, 0.2) is 0 Å². The number of fused-ring (bicyclic) bond motifs is 1. The molecular weight excluding hydrogens is 288 g/mol. The molecule has 3 heteroatoms. The quantitative estimate of drug-likeness (QED) is 0.865. The van der Waals surface area contributed by atoms with Crippen molar-refractivity contribution in [2.75, 3.05) is 0 Å². The molecule has 1 heterocycles. The lowest BCUT2D eigenvalue weighted by atomic mass is 9.82. The van der Waals surface area contributed by atoms with Crippen LogP contribution in [0.3, 0.4) is 0 Å². The molecule has 3 nitrogen and oxygen atoms in total. The summed E-state index contributed by atoms with van der Waals surface area (Å²) in [6, 6.07) is 13.1.